The molecule has 0 aliphatic carbocycles. The van der Waals surface area contributed by atoms with Gasteiger partial charge in [0.2, 0.25) is 0 Å². The highest BCUT2D eigenvalue weighted by Crippen LogP contribution is 2.17. The van der Waals surface area contributed by atoms with E-state index in [9.17, 15) is 4.79 Å². The van der Waals surface area contributed by atoms with Gasteiger partial charge in [0.05, 0.1) is 0 Å². The van der Waals surface area contributed by atoms with Gasteiger partial charge in [-0.3, -0.25) is 4.79 Å². The van der Waals surface area contributed by atoms with Crippen LogP contribution in [0, 0.1) is 6.92 Å². The molecule has 1 aromatic carbocycles. The van der Waals surface area contributed by atoms with Crippen LogP contribution in [0.4, 0.5) is 0 Å². The molecule has 0 heterocycles. The van der Waals surface area contributed by atoms with E-state index in [1.165, 1.54) is 0 Å². The number of hydrogen-bond acceptors (Lipinski definition) is 1. The normalized spacial score (nSPS) is 10.2. The molecule has 1 rings (SSSR count). The van der Waals surface area contributed by atoms with Crippen LogP contribution in [0.5, 0.6) is 0 Å². The fraction of sp³-hybridized carbons (Fsp3) is 0.417. The molecule has 0 aliphatic heterocycles. The first-order valence-corrected chi connectivity index (χ1v) is 6.12. The van der Waals surface area contributed by atoms with Gasteiger partial charge in [0.15, 0.2) is 0 Å². The second-order valence-electron chi connectivity index (χ2n) is 3.54. The molecule has 0 aromatic heterocycles. The fourth-order valence-corrected chi connectivity index (χ4v) is 1.80. The van der Waals surface area contributed by atoms with Gasteiger partial charge in [-0.1, -0.05) is 17.7 Å². The van der Waals surface area contributed by atoms with Crippen molar-refractivity contribution in [3.8, 4) is 0 Å². The second kappa shape index (κ2) is 6.12. The molecule has 0 saturated heterocycles. The maximum absolute atomic E-state index is 12.0. The predicted octanol–water partition coefficient (Wildman–Crippen LogP) is 3.35. The van der Waals surface area contributed by atoms with Gasteiger partial charge in [-0.2, -0.15) is 0 Å². The summed E-state index contributed by atoms with van der Waals surface area (Å²) >= 11 is 11.6. The highest BCUT2D eigenvalue weighted by Gasteiger charge is 2.14. The molecule has 0 spiro atoms. The lowest BCUT2D eigenvalue weighted by Gasteiger charge is -2.19. The van der Waals surface area contributed by atoms with Crippen molar-refractivity contribution < 1.29 is 4.79 Å². The van der Waals surface area contributed by atoms with Crippen molar-refractivity contribution in [3.05, 3.63) is 34.3 Å². The summed E-state index contributed by atoms with van der Waals surface area (Å²) in [5.41, 5.74) is 1.58. The minimum Gasteiger partial charge on any atom is -0.338 e. The van der Waals surface area contributed by atoms with Gasteiger partial charge in [-0.25, -0.2) is 0 Å². The number of rotatable bonds is 4. The van der Waals surface area contributed by atoms with E-state index >= 15 is 0 Å². The third kappa shape index (κ3) is 3.13. The van der Waals surface area contributed by atoms with Crippen LogP contribution in [0.3, 0.4) is 0 Å². The van der Waals surface area contributed by atoms with Gasteiger partial charge in [0.25, 0.3) is 5.91 Å². The second-order valence-corrected chi connectivity index (χ2v) is 4.32. The first kappa shape index (κ1) is 13.3. The van der Waals surface area contributed by atoms with Crippen LogP contribution in [0.15, 0.2) is 18.2 Å². The molecule has 4 heteroatoms. The van der Waals surface area contributed by atoms with Crippen molar-refractivity contribution in [2.45, 2.75) is 13.8 Å². The lowest BCUT2D eigenvalue weighted by atomic mass is 10.1. The molecule has 0 saturated carbocycles. The summed E-state index contributed by atoms with van der Waals surface area (Å²) in [5, 5.41) is 0.618. The van der Waals surface area contributed by atoms with Crippen LogP contribution < -0.4 is 0 Å². The van der Waals surface area contributed by atoms with Gasteiger partial charge in [-0.05, 0) is 31.5 Å². The third-order valence-corrected chi connectivity index (χ3v) is 3.02. The zero-order valence-corrected chi connectivity index (χ0v) is 11.0. The molecule has 0 radical (unpaired) electrons. The highest BCUT2D eigenvalue weighted by atomic mass is 35.5. The van der Waals surface area contributed by atoms with Crippen LogP contribution in [-0.4, -0.2) is 29.8 Å². The summed E-state index contributed by atoms with van der Waals surface area (Å²) in [5.74, 6) is 0.421. The predicted molar refractivity (Wildman–Crippen MR) is 68.5 cm³/mol. The number of carbonyl (C=O) groups excluding carboxylic acids is 1. The topological polar surface area (TPSA) is 20.3 Å². The lowest BCUT2D eigenvalue weighted by Crippen LogP contribution is -2.32. The minimum atomic E-state index is -0.0231. The molecule has 0 bridgehead atoms. The number of carbonyl (C=O) groups is 1. The Labute approximate surface area is 106 Å². The van der Waals surface area contributed by atoms with E-state index in [-0.39, 0.29) is 5.91 Å². The standard InChI is InChI=1S/C12H15Cl2NO/c1-3-15(7-6-13)12(16)10-5-4-9(2)11(14)8-10/h4-5,8H,3,6-7H2,1-2H3. The van der Waals surface area contributed by atoms with Crippen molar-refractivity contribution in [3.63, 3.8) is 0 Å². The van der Waals surface area contributed by atoms with Crippen molar-refractivity contribution in [2.24, 2.45) is 0 Å². The highest BCUT2D eigenvalue weighted by molar-refractivity contribution is 6.31. The third-order valence-electron chi connectivity index (χ3n) is 2.44. The summed E-state index contributed by atoms with van der Waals surface area (Å²) < 4.78 is 0. The summed E-state index contributed by atoms with van der Waals surface area (Å²) in [6.45, 7) is 5.05. The largest absolute Gasteiger partial charge is 0.338 e. The van der Waals surface area contributed by atoms with Gasteiger partial charge in [-0.15, -0.1) is 11.6 Å². The Morgan fingerprint density at radius 1 is 1.44 bits per heavy atom. The Morgan fingerprint density at radius 2 is 2.12 bits per heavy atom. The number of aryl methyl sites for hydroxylation is 1. The quantitative estimate of drug-likeness (QED) is 0.760. The van der Waals surface area contributed by atoms with Crippen molar-refractivity contribution >= 4 is 29.1 Å². The van der Waals surface area contributed by atoms with E-state index in [1.807, 2.05) is 19.9 Å². The van der Waals surface area contributed by atoms with E-state index in [4.69, 9.17) is 23.2 Å². The van der Waals surface area contributed by atoms with Gasteiger partial charge >= 0.3 is 0 Å². The molecule has 0 atom stereocenters. The van der Waals surface area contributed by atoms with E-state index in [0.29, 0.717) is 29.6 Å². The van der Waals surface area contributed by atoms with Crippen molar-refractivity contribution in [1.82, 2.24) is 4.90 Å². The molecule has 16 heavy (non-hydrogen) atoms. The maximum Gasteiger partial charge on any atom is 0.253 e. The maximum atomic E-state index is 12.0. The average Bonchev–Trinajstić information content (AvgIpc) is 2.28. The first-order chi connectivity index (χ1) is 7.60. The zero-order chi connectivity index (χ0) is 12.1. The number of benzene rings is 1. The summed E-state index contributed by atoms with van der Waals surface area (Å²) in [7, 11) is 0. The molecule has 88 valence electrons. The first-order valence-electron chi connectivity index (χ1n) is 5.21. The Hall–Kier alpha value is -0.730. The number of amides is 1. The number of nitrogens with zero attached hydrogens (tertiary/aromatic N) is 1. The molecule has 1 amide bonds. The fourth-order valence-electron chi connectivity index (χ4n) is 1.41. The smallest absolute Gasteiger partial charge is 0.253 e. The lowest BCUT2D eigenvalue weighted by molar-refractivity contribution is 0.0774. The van der Waals surface area contributed by atoms with E-state index < -0.39 is 0 Å². The van der Waals surface area contributed by atoms with Crippen LogP contribution in [0.2, 0.25) is 5.02 Å². The average molecular weight is 260 g/mol. The number of halogens is 2. The molecule has 0 aliphatic rings. The molecule has 1 aromatic rings. The Morgan fingerprint density at radius 3 is 2.62 bits per heavy atom. The molecule has 0 unspecified atom stereocenters. The van der Waals surface area contributed by atoms with E-state index in [2.05, 4.69) is 0 Å². The molecular formula is C12H15Cl2NO. The summed E-state index contributed by atoms with van der Waals surface area (Å²) in [4.78, 5) is 13.7. The van der Waals surface area contributed by atoms with Crippen LogP contribution in [0.1, 0.15) is 22.8 Å². The Bertz CT molecular complexity index is 379. The Kier molecular flexibility index (Phi) is 5.10. The van der Waals surface area contributed by atoms with Gasteiger partial charge < -0.3 is 4.90 Å². The van der Waals surface area contributed by atoms with E-state index in [1.54, 1.807) is 17.0 Å². The molecule has 0 N–H and O–H groups in total. The van der Waals surface area contributed by atoms with Crippen LogP contribution in [-0.2, 0) is 0 Å². The van der Waals surface area contributed by atoms with Crippen molar-refractivity contribution in [2.75, 3.05) is 19.0 Å². The Balaban J connectivity index is 2.90. The molecule has 2 nitrogen and oxygen atoms in total. The SMILES string of the molecule is CCN(CCCl)C(=O)c1ccc(C)c(Cl)c1. The number of alkyl halides is 1. The zero-order valence-electron chi connectivity index (χ0n) is 9.46. The minimum absolute atomic E-state index is 0.0231. The van der Waals surface area contributed by atoms with Crippen LogP contribution >= 0.6 is 23.2 Å². The summed E-state index contributed by atoms with van der Waals surface area (Å²) in [6, 6.07) is 5.35. The molecular weight excluding hydrogens is 245 g/mol. The molecule has 0 fully saturated rings. The van der Waals surface area contributed by atoms with Crippen LogP contribution in [0.25, 0.3) is 0 Å². The van der Waals surface area contributed by atoms with E-state index in [0.717, 1.165) is 5.56 Å². The monoisotopic (exact) mass is 259 g/mol. The number of hydrogen-bond donors (Lipinski definition) is 0. The van der Waals surface area contributed by atoms with Gasteiger partial charge in [0.1, 0.15) is 0 Å². The van der Waals surface area contributed by atoms with Crippen molar-refractivity contribution in [1.29, 1.82) is 0 Å². The van der Waals surface area contributed by atoms with Gasteiger partial charge in [0, 0.05) is 29.6 Å². The summed E-state index contributed by atoms with van der Waals surface area (Å²) in [6.07, 6.45) is 0.